The number of nitrogens with zero attached hydrogens (tertiary/aromatic N) is 2. The molecule has 1 aliphatic carbocycles. The first-order chi connectivity index (χ1) is 18.8. The second kappa shape index (κ2) is 13.1. The molecule has 1 heterocycles. The van der Waals surface area contributed by atoms with E-state index in [0.29, 0.717) is 35.7 Å². The van der Waals surface area contributed by atoms with Gasteiger partial charge in [-0.25, -0.2) is 0 Å². The Morgan fingerprint density at radius 3 is 2.41 bits per heavy atom. The van der Waals surface area contributed by atoms with Crippen LogP contribution in [0, 0.1) is 11.8 Å². The van der Waals surface area contributed by atoms with E-state index in [0.717, 1.165) is 25.7 Å². The van der Waals surface area contributed by atoms with Crippen molar-refractivity contribution in [1.82, 2.24) is 9.80 Å². The summed E-state index contributed by atoms with van der Waals surface area (Å²) in [6.07, 6.45) is 4.86. The lowest BCUT2D eigenvalue weighted by Gasteiger charge is -2.36. The van der Waals surface area contributed by atoms with Crippen molar-refractivity contribution in [1.29, 1.82) is 0 Å². The van der Waals surface area contributed by atoms with Crippen LogP contribution >= 0.6 is 0 Å². The highest BCUT2D eigenvalue weighted by Gasteiger charge is 2.31. The third-order valence-electron chi connectivity index (χ3n) is 7.97. The van der Waals surface area contributed by atoms with Crippen molar-refractivity contribution in [3.63, 3.8) is 0 Å². The predicted molar refractivity (Wildman–Crippen MR) is 151 cm³/mol. The van der Waals surface area contributed by atoms with Crippen LogP contribution in [0.2, 0.25) is 0 Å². The Hall–Kier alpha value is -3.39. The van der Waals surface area contributed by atoms with E-state index in [1.165, 1.54) is 6.42 Å². The summed E-state index contributed by atoms with van der Waals surface area (Å²) in [5, 5.41) is 3.03. The molecular formula is C31H41N3O5. The van der Waals surface area contributed by atoms with Gasteiger partial charge >= 0.3 is 0 Å². The summed E-state index contributed by atoms with van der Waals surface area (Å²) in [5.74, 6) is 0.111. The number of hydrogen-bond donors (Lipinski definition) is 1. The molecule has 4 rings (SSSR count). The number of ether oxygens (including phenoxy) is 2. The lowest BCUT2D eigenvalue weighted by molar-refractivity contribution is -0.120. The molecule has 2 aromatic rings. The van der Waals surface area contributed by atoms with E-state index in [9.17, 15) is 14.4 Å². The minimum absolute atomic E-state index is 0.0103. The number of hydrogen-bond acceptors (Lipinski definition) is 5. The Kier molecular flexibility index (Phi) is 9.62. The Bertz CT molecular complexity index is 1150. The maximum absolute atomic E-state index is 13.6. The van der Waals surface area contributed by atoms with Crippen LogP contribution in [0.15, 0.2) is 48.5 Å². The molecule has 2 aromatic carbocycles. The van der Waals surface area contributed by atoms with Gasteiger partial charge in [-0.15, -0.1) is 0 Å². The van der Waals surface area contributed by atoms with Gasteiger partial charge in [-0.05, 0) is 44.0 Å². The molecule has 0 unspecified atom stereocenters. The van der Waals surface area contributed by atoms with Crippen molar-refractivity contribution in [2.75, 3.05) is 39.2 Å². The zero-order valence-electron chi connectivity index (χ0n) is 23.5. The van der Waals surface area contributed by atoms with Crippen LogP contribution in [0.3, 0.4) is 0 Å². The van der Waals surface area contributed by atoms with Gasteiger partial charge in [0.05, 0.1) is 17.7 Å². The number of rotatable bonds is 4. The van der Waals surface area contributed by atoms with Gasteiger partial charge in [-0.3, -0.25) is 14.4 Å². The number of carbonyl (C=O) groups excluding carboxylic acids is 3. The quantitative estimate of drug-likeness (QED) is 0.605. The van der Waals surface area contributed by atoms with Gasteiger partial charge in [0.1, 0.15) is 12.4 Å². The molecule has 0 saturated heterocycles. The fraction of sp³-hybridized carbons (Fsp3) is 0.516. The molecule has 0 spiro atoms. The Morgan fingerprint density at radius 2 is 1.72 bits per heavy atom. The maximum Gasteiger partial charge on any atom is 0.257 e. The lowest BCUT2D eigenvalue weighted by atomic mass is 9.88. The molecule has 3 atom stereocenters. The second-order valence-electron chi connectivity index (χ2n) is 11.0. The highest BCUT2D eigenvalue weighted by molar-refractivity contribution is 5.99. The van der Waals surface area contributed by atoms with Crippen LogP contribution in [0.5, 0.6) is 5.75 Å². The van der Waals surface area contributed by atoms with Gasteiger partial charge in [0, 0.05) is 56.4 Å². The fourth-order valence-electron chi connectivity index (χ4n) is 5.49. The Labute approximate surface area is 231 Å². The van der Waals surface area contributed by atoms with Crippen molar-refractivity contribution in [3.05, 3.63) is 59.7 Å². The van der Waals surface area contributed by atoms with E-state index < -0.39 is 0 Å². The molecule has 8 heteroatoms. The zero-order valence-corrected chi connectivity index (χ0v) is 23.5. The fourth-order valence-corrected chi connectivity index (χ4v) is 5.49. The highest BCUT2D eigenvalue weighted by Crippen LogP contribution is 2.29. The third-order valence-corrected chi connectivity index (χ3v) is 7.97. The molecule has 39 heavy (non-hydrogen) atoms. The number of anilines is 1. The van der Waals surface area contributed by atoms with E-state index in [-0.39, 0.29) is 48.3 Å². The first kappa shape index (κ1) is 28.6. The van der Waals surface area contributed by atoms with Crippen LogP contribution in [0.1, 0.15) is 66.7 Å². The number of methoxy groups -OCH3 is 1. The average molecular weight is 536 g/mol. The summed E-state index contributed by atoms with van der Waals surface area (Å²) in [7, 11) is 3.38. The van der Waals surface area contributed by atoms with E-state index in [1.807, 2.05) is 49.1 Å². The first-order valence-corrected chi connectivity index (χ1v) is 14.0. The van der Waals surface area contributed by atoms with Crippen LogP contribution in [-0.4, -0.2) is 73.5 Å². The van der Waals surface area contributed by atoms with Crippen molar-refractivity contribution >= 4 is 23.4 Å². The standard InChI is InChI=1S/C31H41N3O5/c1-21-18-34(30(36)24-13-9-6-10-14-24)22(2)20-39-27-17-25(32-29(35)23-11-7-5-8-12-23)15-16-26(27)31(37)33(3)19-28(21)38-4/h6,9-10,13-17,21-23,28H,5,7-8,11-12,18-20H2,1-4H3,(H,32,35)/t21-,22-,28-/m1/s1. The number of carbonyl (C=O) groups is 3. The molecular weight excluding hydrogens is 494 g/mol. The van der Waals surface area contributed by atoms with Crippen LogP contribution in [0.25, 0.3) is 0 Å². The monoisotopic (exact) mass is 535 g/mol. The van der Waals surface area contributed by atoms with Crippen LogP contribution in [0.4, 0.5) is 5.69 Å². The van der Waals surface area contributed by atoms with Gasteiger partial charge in [-0.2, -0.15) is 0 Å². The van der Waals surface area contributed by atoms with Gasteiger partial charge in [0.2, 0.25) is 5.91 Å². The van der Waals surface area contributed by atoms with Gasteiger partial charge < -0.3 is 24.6 Å². The molecule has 210 valence electrons. The summed E-state index contributed by atoms with van der Waals surface area (Å²) < 4.78 is 12.0. The molecule has 0 aromatic heterocycles. The number of nitrogens with one attached hydrogen (secondary N) is 1. The predicted octanol–water partition coefficient (Wildman–Crippen LogP) is 4.85. The smallest absolute Gasteiger partial charge is 0.257 e. The maximum atomic E-state index is 13.6. The van der Waals surface area contributed by atoms with E-state index >= 15 is 0 Å². The first-order valence-electron chi connectivity index (χ1n) is 14.0. The van der Waals surface area contributed by atoms with E-state index in [1.54, 1.807) is 37.3 Å². The zero-order chi connectivity index (χ0) is 27.9. The summed E-state index contributed by atoms with van der Waals surface area (Å²) in [6, 6.07) is 14.1. The van der Waals surface area contributed by atoms with Crippen molar-refractivity contribution in [3.8, 4) is 5.75 Å². The molecule has 1 aliphatic heterocycles. The second-order valence-corrected chi connectivity index (χ2v) is 11.0. The normalized spacial score (nSPS) is 23.2. The molecule has 1 fully saturated rings. The highest BCUT2D eigenvalue weighted by atomic mass is 16.5. The molecule has 2 aliphatic rings. The summed E-state index contributed by atoms with van der Waals surface area (Å²) >= 11 is 0. The summed E-state index contributed by atoms with van der Waals surface area (Å²) in [6.45, 7) is 4.98. The Balaban J connectivity index is 1.63. The van der Waals surface area contributed by atoms with Gasteiger partial charge in [0.25, 0.3) is 11.8 Å². The van der Waals surface area contributed by atoms with Gasteiger partial charge in [-0.1, -0.05) is 44.4 Å². The minimum Gasteiger partial charge on any atom is -0.491 e. The van der Waals surface area contributed by atoms with Crippen molar-refractivity contribution < 1.29 is 23.9 Å². The largest absolute Gasteiger partial charge is 0.491 e. The molecule has 1 saturated carbocycles. The van der Waals surface area contributed by atoms with E-state index in [2.05, 4.69) is 5.32 Å². The topological polar surface area (TPSA) is 88.2 Å². The molecule has 0 bridgehead atoms. The number of amides is 3. The molecule has 8 nitrogen and oxygen atoms in total. The minimum atomic E-state index is -0.279. The van der Waals surface area contributed by atoms with Crippen LogP contribution in [-0.2, 0) is 9.53 Å². The van der Waals surface area contributed by atoms with Crippen LogP contribution < -0.4 is 10.1 Å². The third kappa shape index (κ3) is 6.98. The average Bonchev–Trinajstić information content (AvgIpc) is 2.97. The SMILES string of the molecule is CO[C@@H]1CN(C)C(=O)c2ccc(NC(=O)C3CCCCC3)cc2OC[C@@H](C)N(C(=O)c2ccccc2)C[C@H]1C. The molecule has 1 N–H and O–H groups in total. The summed E-state index contributed by atoms with van der Waals surface area (Å²) in [4.78, 5) is 43.4. The molecule has 3 amide bonds. The van der Waals surface area contributed by atoms with E-state index in [4.69, 9.17) is 9.47 Å². The molecule has 0 radical (unpaired) electrons. The number of fused-ring (bicyclic) bond motifs is 1. The van der Waals surface area contributed by atoms with Crippen molar-refractivity contribution in [2.45, 2.75) is 58.1 Å². The number of likely N-dealkylation sites (N-methyl/N-ethyl adjacent to an activating group) is 1. The summed E-state index contributed by atoms with van der Waals surface area (Å²) in [5.41, 5.74) is 1.61. The van der Waals surface area contributed by atoms with Crippen molar-refractivity contribution in [2.24, 2.45) is 11.8 Å². The van der Waals surface area contributed by atoms with Gasteiger partial charge in [0.15, 0.2) is 0 Å². The Morgan fingerprint density at radius 1 is 1.00 bits per heavy atom. The lowest BCUT2D eigenvalue weighted by Crippen LogP contribution is -2.48. The number of benzene rings is 2.